The summed E-state index contributed by atoms with van der Waals surface area (Å²) in [5.41, 5.74) is 0.962. The Morgan fingerprint density at radius 3 is 2.74 bits per heavy atom. The Kier molecular flexibility index (Phi) is 5.28. The molecular formula is C21H18F2N4O4. The molecule has 10 heteroatoms. The lowest BCUT2D eigenvalue weighted by Crippen LogP contribution is -2.37. The smallest absolute Gasteiger partial charge is 0.387 e. The van der Waals surface area contributed by atoms with Gasteiger partial charge in [0.2, 0.25) is 5.91 Å². The first kappa shape index (κ1) is 20.3. The summed E-state index contributed by atoms with van der Waals surface area (Å²) in [5, 5.41) is 15.6. The minimum Gasteiger partial charge on any atom is -0.504 e. The van der Waals surface area contributed by atoms with Gasteiger partial charge in [-0.1, -0.05) is 18.2 Å². The zero-order valence-corrected chi connectivity index (χ0v) is 16.4. The fraction of sp³-hybridized carbons (Fsp3) is 0.190. The largest absolute Gasteiger partial charge is 0.504 e. The Morgan fingerprint density at radius 2 is 2.03 bits per heavy atom. The first-order valence-electron chi connectivity index (χ1n) is 9.43. The van der Waals surface area contributed by atoms with Gasteiger partial charge in [0.05, 0.1) is 6.20 Å². The first-order chi connectivity index (χ1) is 14.9. The van der Waals surface area contributed by atoms with Crippen molar-refractivity contribution in [1.29, 1.82) is 0 Å². The number of carbonyl (C=O) groups excluding carboxylic acids is 1. The molecule has 0 aliphatic carbocycles. The monoisotopic (exact) mass is 428 g/mol. The van der Waals surface area contributed by atoms with Gasteiger partial charge in [-0.05, 0) is 25.1 Å². The lowest BCUT2D eigenvalue weighted by Gasteiger charge is -2.22. The number of phenolic OH excluding ortho intramolecular Hbond substituents is 1. The van der Waals surface area contributed by atoms with E-state index in [0.717, 1.165) is 27.7 Å². The molecular weight excluding hydrogens is 410 g/mol. The Hall–Kier alpha value is -3.95. The molecule has 0 saturated heterocycles. The molecule has 0 spiro atoms. The molecule has 2 N–H and O–H groups in total. The van der Waals surface area contributed by atoms with Crippen molar-refractivity contribution in [1.82, 2.24) is 14.8 Å². The first-order valence-corrected chi connectivity index (χ1v) is 9.43. The van der Waals surface area contributed by atoms with Crippen LogP contribution >= 0.6 is 0 Å². The van der Waals surface area contributed by atoms with Crippen LogP contribution in [0.2, 0.25) is 0 Å². The van der Waals surface area contributed by atoms with Gasteiger partial charge < -0.3 is 19.7 Å². The minimum absolute atomic E-state index is 0.219. The third kappa shape index (κ3) is 3.79. The number of amides is 1. The number of nitrogens with one attached hydrogen (secondary N) is 1. The number of hydrogen-bond acceptors (Lipinski definition) is 5. The highest BCUT2D eigenvalue weighted by Crippen LogP contribution is 2.32. The average Bonchev–Trinajstić information content (AvgIpc) is 3.12. The maximum absolute atomic E-state index is 12.9. The van der Waals surface area contributed by atoms with Gasteiger partial charge in [0.15, 0.2) is 11.5 Å². The highest BCUT2D eigenvalue weighted by Gasteiger charge is 2.19. The van der Waals surface area contributed by atoms with Crippen LogP contribution < -0.4 is 15.2 Å². The van der Waals surface area contributed by atoms with E-state index in [0.29, 0.717) is 10.9 Å². The summed E-state index contributed by atoms with van der Waals surface area (Å²) in [6.07, 6.45) is 1.53. The lowest BCUT2D eigenvalue weighted by molar-refractivity contribution is -0.119. The summed E-state index contributed by atoms with van der Waals surface area (Å²) >= 11 is 0. The molecule has 2 aromatic carbocycles. The van der Waals surface area contributed by atoms with Crippen molar-refractivity contribution in [3.63, 3.8) is 0 Å². The van der Waals surface area contributed by atoms with Gasteiger partial charge in [0.25, 0.3) is 5.56 Å². The topological polar surface area (TPSA) is 100 Å². The number of ether oxygens (including phenoxy) is 1. The molecule has 0 saturated carbocycles. The van der Waals surface area contributed by atoms with Gasteiger partial charge in [-0.2, -0.15) is 13.9 Å². The van der Waals surface area contributed by atoms with E-state index in [1.165, 1.54) is 17.2 Å². The number of anilines is 1. The van der Waals surface area contributed by atoms with Crippen molar-refractivity contribution in [3.05, 3.63) is 59.0 Å². The molecule has 0 bridgehead atoms. The molecule has 4 aromatic rings. The van der Waals surface area contributed by atoms with Gasteiger partial charge >= 0.3 is 6.61 Å². The SMILES string of the molecule is CCN(C(=O)Cn1ncc2c([nH]c3ccccc32)c1=O)c1ccc(OC(F)F)c(O)c1. The van der Waals surface area contributed by atoms with E-state index in [1.807, 2.05) is 24.3 Å². The molecule has 160 valence electrons. The lowest BCUT2D eigenvalue weighted by atomic mass is 10.2. The number of rotatable bonds is 6. The minimum atomic E-state index is -3.09. The van der Waals surface area contributed by atoms with Crippen LogP contribution in [0.4, 0.5) is 14.5 Å². The number of fused-ring (bicyclic) bond motifs is 3. The second-order valence-corrected chi connectivity index (χ2v) is 6.74. The molecule has 2 aromatic heterocycles. The maximum atomic E-state index is 12.9. The summed E-state index contributed by atoms with van der Waals surface area (Å²) in [5.74, 6) is -1.39. The van der Waals surface area contributed by atoms with E-state index >= 15 is 0 Å². The Balaban J connectivity index is 1.62. The van der Waals surface area contributed by atoms with Crippen molar-refractivity contribution in [2.75, 3.05) is 11.4 Å². The van der Waals surface area contributed by atoms with Crippen molar-refractivity contribution in [2.24, 2.45) is 0 Å². The molecule has 0 unspecified atom stereocenters. The van der Waals surface area contributed by atoms with Gasteiger partial charge in [0, 0.05) is 34.6 Å². The maximum Gasteiger partial charge on any atom is 0.387 e. The van der Waals surface area contributed by atoms with Crippen LogP contribution in [0.15, 0.2) is 53.5 Å². The number of aromatic nitrogens is 3. The number of phenols is 1. The van der Waals surface area contributed by atoms with Crippen LogP contribution in [0.25, 0.3) is 21.8 Å². The van der Waals surface area contributed by atoms with Crippen LogP contribution in [0.5, 0.6) is 11.5 Å². The third-order valence-electron chi connectivity index (χ3n) is 4.89. The summed E-state index contributed by atoms with van der Waals surface area (Å²) in [4.78, 5) is 30.1. The number of hydrogen-bond donors (Lipinski definition) is 2. The van der Waals surface area contributed by atoms with E-state index in [-0.39, 0.29) is 18.8 Å². The number of halogens is 2. The fourth-order valence-electron chi connectivity index (χ4n) is 3.47. The molecule has 8 nitrogen and oxygen atoms in total. The molecule has 0 aliphatic rings. The summed E-state index contributed by atoms with van der Waals surface area (Å²) in [6.45, 7) is -1.50. The van der Waals surface area contributed by atoms with Crippen LogP contribution in [0.3, 0.4) is 0 Å². The standard InChI is InChI=1S/C21H18F2N4O4/c1-2-26(12-7-8-17(16(28)9-12)31-21(22)23)18(29)11-27-20(30)19-14(10-24-27)13-5-3-4-6-15(13)25-19/h3-10,21,25,28H,2,11H2,1H3. The number of alkyl halides is 2. The third-order valence-corrected chi connectivity index (χ3v) is 4.89. The molecule has 1 amide bonds. The van der Waals surface area contributed by atoms with E-state index in [4.69, 9.17) is 0 Å². The average molecular weight is 428 g/mol. The number of benzene rings is 2. The van der Waals surface area contributed by atoms with E-state index in [1.54, 1.807) is 6.92 Å². The van der Waals surface area contributed by atoms with Crippen molar-refractivity contribution in [2.45, 2.75) is 20.1 Å². The van der Waals surface area contributed by atoms with E-state index in [2.05, 4.69) is 14.8 Å². The number of aromatic amines is 1. The zero-order chi connectivity index (χ0) is 22.1. The quantitative estimate of drug-likeness (QED) is 0.491. The molecule has 0 atom stereocenters. The van der Waals surface area contributed by atoms with Crippen molar-refractivity contribution < 1.29 is 23.4 Å². The number of H-pyrrole nitrogens is 1. The Labute approximate surface area is 174 Å². The predicted octanol–water partition coefficient (Wildman–Crippen LogP) is 3.24. The van der Waals surface area contributed by atoms with Gasteiger partial charge in [-0.25, -0.2) is 4.68 Å². The highest BCUT2D eigenvalue weighted by atomic mass is 19.3. The van der Waals surface area contributed by atoms with E-state index in [9.17, 15) is 23.5 Å². The summed E-state index contributed by atoms with van der Waals surface area (Å²) in [6, 6.07) is 11.1. The van der Waals surface area contributed by atoms with Crippen molar-refractivity contribution in [3.8, 4) is 11.5 Å². The van der Waals surface area contributed by atoms with Crippen LogP contribution in [-0.4, -0.2) is 38.9 Å². The molecule has 2 heterocycles. The molecule has 0 fully saturated rings. The van der Waals surface area contributed by atoms with Crippen LogP contribution in [0.1, 0.15) is 6.92 Å². The van der Waals surface area contributed by atoms with Gasteiger partial charge in [0.1, 0.15) is 12.1 Å². The zero-order valence-electron chi connectivity index (χ0n) is 16.4. The number of nitrogens with zero attached hydrogens (tertiary/aromatic N) is 3. The Morgan fingerprint density at radius 1 is 1.26 bits per heavy atom. The fourth-order valence-corrected chi connectivity index (χ4v) is 3.47. The predicted molar refractivity (Wildman–Crippen MR) is 111 cm³/mol. The summed E-state index contributed by atoms with van der Waals surface area (Å²) in [7, 11) is 0. The van der Waals surface area contributed by atoms with Crippen LogP contribution in [0, 0.1) is 0 Å². The van der Waals surface area contributed by atoms with Crippen molar-refractivity contribution >= 4 is 33.4 Å². The highest BCUT2D eigenvalue weighted by molar-refractivity contribution is 6.06. The van der Waals surface area contributed by atoms with Gasteiger partial charge in [-0.3, -0.25) is 9.59 Å². The number of carbonyl (C=O) groups is 1. The van der Waals surface area contributed by atoms with Gasteiger partial charge in [-0.15, -0.1) is 0 Å². The second-order valence-electron chi connectivity index (χ2n) is 6.74. The Bertz CT molecular complexity index is 1330. The number of aromatic hydroxyl groups is 1. The normalized spacial score (nSPS) is 11.4. The number of likely N-dealkylation sites (N-methyl/N-ethyl adjacent to an activating group) is 1. The second kappa shape index (κ2) is 8.05. The molecule has 31 heavy (non-hydrogen) atoms. The molecule has 4 rings (SSSR count). The van der Waals surface area contributed by atoms with Crippen LogP contribution in [-0.2, 0) is 11.3 Å². The van der Waals surface area contributed by atoms with E-state index < -0.39 is 29.6 Å². The molecule has 0 aliphatic heterocycles. The number of para-hydroxylation sites is 1. The molecule has 0 radical (unpaired) electrons. The summed E-state index contributed by atoms with van der Waals surface area (Å²) < 4.78 is 30.0.